The van der Waals surface area contributed by atoms with Crippen molar-refractivity contribution in [2.75, 3.05) is 6.61 Å². The number of benzene rings is 1. The smallest absolute Gasteiger partial charge is 0.112 e. The first-order chi connectivity index (χ1) is 9.63. The Morgan fingerprint density at radius 3 is 2.50 bits per heavy atom. The molecule has 0 aliphatic heterocycles. The second kappa shape index (κ2) is 6.81. The van der Waals surface area contributed by atoms with Crippen molar-refractivity contribution in [1.29, 1.82) is 0 Å². The molecule has 1 atom stereocenters. The van der Waals surface area contributed by atoms with Crippen molar-refractivity contribution in [3.8, 4) is 0 Å². The van der Waals surface area contributed by atoms with Crippen LogP contribution in [0, 0.1) is 0 Å². The monoisotopic (exact) mass is 297 g/mol. The molecule has 0 radical (unpaired) electrons. The van der Waals surface area contributed by atoms with Gasteiger partial charge in [0.1, 0.15) is 5.69 Å². The summed E-state index contributed by atoms with van der Waals surface area (Å²) in [6.07, 6.45) is -0.398. The quantitative estimate of drug-likeness (QED) is 0.716. The van der Waals surface area contributed by atoms with Crippen LogP contribution in [0.5, 0.6) is 0 Å². The van der Waals surface area contributed by atoms with Crippen molar-refractivity contribution in [3.05, 3.63) is 46.2 Å². The molecular weight excluding hydrogens is 282 g/mol. The Morgan fingerprint density at radius 2 is 1.90 bits per heavy atom. The topological polar surface area (TPSA) is 91.4 Å². The molecule has 7 heteroatoms. The molecule has 108 valence electrons. The summed E-state index contributed by atoms with van der Waals surface area (Å²) in [6.45, 7) is -0.445. The van der Waals surface area contributed by atoms with E-state index in [0.29, 0.717) is 22.8 Å². The van der Waals surface area contributed by atoms with E-state index in [4.69, 9.17) is 16.7 Å². The molecule has 0 spiro atoms. The van der Waals surface area contributed by atoms with Gasteiger partial charge in [0.2, 0.25) is 0 Å². The first kappa shape index (κ1) is 14.9. The Hall–Kier alpha value is -1.47. The summed E-state index contributed by atoms with van der Waals surface area (Å²) >= 11 is 5.84. The van der Waals surface area contributed by atoms with E-state index in [9.17, 15) is 10.2 Å². The third kappa shape index (κ3) is 3.55. The van der Waals surface area contributed by atoms with E-state index in [1.54, 1.807) is 12.1 Å². The van der Waals surface area contributed by atoms with Gasteiger partial charge in [-0.15, -0.1) is 5.10 Å². The fourth-order valence-corrected chi connectivity index (χ4v) is 2.01. The summed E-state index contributed by atoms with van der Waals surface area (Å²) in [4.78, 5) is 0. The van der Waals surface area contributed by atoms with Crippen LogP contribution in [0.1, 0.15) is 17.0 Å². The molecule has 1 aromatic carbocycles. The lowest BCUT2D eigenvalue weighted by molar-refractivity contribution is 0.0771. The van der Waals surface area contributed by atoms with Gasteiger partial charge in [-0.3, -0.25) is 0 Å². The lowest BCUT2D eigenvalue weighted by Gasteiger charge is -2.11. The molecule has 0 aliphatic carbocycles. The molecule has 0 aliphatic rings. The molecule has 1 heterocycles. The first-order valence-electron chi connectivity index (χ1n) is 6.19. The van der Waals surface area contributed by atoms with Crippen LogP contribution in [-0.2, 0) is 19.6 Å². The largest absolute Gasteiger partial charge is 0.394 e. The van der Waals surface area contributed by atoms with E-state index in [2.05, 4.69) is 10.3 Å². The molecule has 2 rings (SSSR count). The third-order valence-electron chi connectivity index (χ3n) is 2.95. The van der Waals surface area contributed by atoms with Crippen LogP contribution in [0.2, 0.25) is 5.02 Å². The zero-order valence-corrected chi connectivity index (χ0v) is 11.5. The van der Waals surface area contributed by atoms with Crippen molar-refractivity contribution in [2.45, 2.75) is 25.7 Å². The highest BCUT2D eigenvalue weighted by molar-refractivity contribution is 6.30. The summed E-state index contributed by atoms with van der Waals surface area (Å²) in [5, 5.41) is 36.1. The van der Waals surface area contributed by atoms with Gasteiger partial charge in [-0.1, -0.05) is 28.9 Å². The minimum absolute atomic E-state index is 0.131. The number of hydrogen-bond acceptors (Lipinski definition) is 5. The number of aliphatic hydroxyl groups excluding tert-OH is 3. The first-order valence-corrected chi connectivity index (χ1v) is 6.57. The number of aliphatic hydroxyl groups is 3. The van der Waals surface area contributed by atoms with Crippen molar-refractivity contribution in [3.63, 3.8) is 0 Å². The van der Waals surface area contributed by atoms with Gasteiger partial charge in [0.15, 0.2) is 0 Å². The second-order valence-corrected chi connectivity index (χ2v) is 4.90. The fourth-order valence-electron chi connectivity index (χ4n) is 1.88. The average molecular weight is 298 g/mol. The molecule has 0 amide bonds. The maximum absolute atomic E-state index is 9.50. The Kier molecular flexibility index (Phi) is 5.08. The van der Waals surface area contributed by atoms with E-state index in [1.165, 1.54) is 4.68 Å². The molecule has 1 unspecified atom stereocenters. The lowest BCUT2D eigenvalue weighted by Crippen LogP contribution is -2.22. The summed E-state index contributed by atoms with van der Waals surface area (Å²) < 4.78 is 1.50. The van der Waals surface area contributed by atoms with Crippen LogP contribution < -0.4 is 0 Å². The molecule has 3 N–H and O–H groups in total. The van der Waals surface area contributed by atoms with Crippen molar-refractivity contribution < 1.29 is 15.3 Å². The van der Waals surface area contributed by atoms with Crippen LogP contribution in [0.4, 0.5) is 0 Å². The molecule has 20 heavy (non-hydrogen) atoms. The number of rotatable bonds is 6. The summed E-state index contributed by atoms with van der Waals surface area (Å²) in [5.74, 6) is 0. The maximum atomic E-state index is 9.50. The summed E-state index contributed by atoms with van der Waals surface area (Å²) in [7, 11) is 0. The van der Waals surface area contributed by atoms with Gasteiger partial charge in [-0.25, -0.2) is 4.68 Å². The van der Waals surface area contributed by atoms with Crippen LogP contribution in [0.3, 0.4) is 0 Å². The highest BCUT2D eigenvalue weighted by atomic mass is 35.5. The van der Waals surface area contributed by atoms with Gasteiger partial charge in [0.05, 0.1) is 31.6 Å². The van der Waals surface area contributed by atoms with E-state index in [1.807, 2.05) is 12.1 Å². The van der Waals surface area contributed by atoms with Gasteiger partial charge in [-0.2, -0.15) is 0 Å². The highest BCUT2D eigenvalue weighted by Crippen LogP contribution is 2.16. The fraction of sp³-hybridized carbons (Fsp3) is 0.385. The Balaban J connectivity index is 2.24. The molecular formula is C13H16ClN3O3. The van der Waals surface area contributed by atoms with Crippen molar-refractivity contribution >= 4 is 11.6 Å². The van der Waals surface area contributed by atoms with Gasteiger partial charge in [-0.05, 0) is 17.7 Å². The number of halogens is 1. The highest BCUT2D eigenvalue weighted by Gasteiger charge is 2.15. The minimum Gasteiger partial charge on any atom is -0.394 e. The number of aromatic nitrogens is 3. The van der Waals surface area contributed by atoms with Gasteiger partial charge < -0.3 is 15.3 Å². The minimum atomic E-state index is -0.910. The summed E-state index contributed by atoms with van der Waals surface area (Å²) in [6, 6.07) is 7.32. The van der Waals surface area contributed by atoms with Crippen LogP contribution in [-0.4, -0.2) is 43.0 Å². The molecule has 1 aromatic heterocycles. The molecule has 0 fully saturated rings. The van der Waals surface area contributed by atoms with Gasteiger partial charge >= 0.3 is 0 Å². The zero-order chi connectivity index (χ0) is 14.5. The third-order valence-corrected chi connectivity index (χ3v) is 3.20. The molecule has 6 nitrogen and oxygen atoms in total. The number of nitrogens with zero attached hydrogens (tertiary/aromatic N) is 3. The van der Waals surface area contributed by atoms with Crippen molar-refractivity contribution in [2.24, 2.45) is 0 Å². The Labute approximate surface area is 121 Å². The predicted molar refractivity (Wildman–Crippen MR) is 73.3 cm³/mol. The van der Waals surface area contributed by atoms with E-state index < -0.39 is 6.10 Å². The molecule has 2 aromatic rings. The van der Waals surface area contributed by atoms with Gasteiger partial charge in [0, 0.05) is 11.4 Å². The average Bonchev–Trinajstić information content (AvgIpc) is 2.83. The predicted octanol–water partition coefficient (Wildman–Crippen LogP) is 0.368. The molecule has 0 saturated heterocycles. The number of hydrogen-bond donors (Lipinski definition) is 3. The normalized spacial score (nSPS) is 12.6. The van der Waals surface area contributed by atoms with E-state index >= 15 is 0 Å². The molecule has 0 bridgehead atoms. The van der Waals surface area contributed by atoms with E-state index in [0.717, 1.165) is 5.56 Å². The van der Waals surface area contributed by atoms with Crippen molar-refractivity contribution in [1.82, 2.24) is 15.0 Å². The van der Waals surface area contributed by atoms with Gasteiger partial charge in [0.25, 0.3) is 0 Å². The standard InChI is InChI=1S/C13H16ClN3O3/c14-10-3-1-9(2-4-10)5-13-12(8-19)15-16-17(13)6-11(20)7-18/h1-4,11,18-20H,5-8H2. The Morgan fingerprint density at radius 1 is 1.20 bits per heavy atom. The second-order valence-electron chi connectivity index (χ2n) is 4.46. The summed E-state index contributed by atoms with van der Waals surface area (Å²) in [5.41, 5.74) is 2.17. The van der Waals surface area contributed by atoms with Crippen LogP contribution in [0.25, 0.3) is 0 Å². The van der Waals surface area contributed by atoms with Crippen LogP contribution >= 0.6 is 11.6 Å². The van der Waals surface area contributed by atoms with Crippen LogP contribution in [0.15, 0.2) is 24.3 Å². The SMILES string of the molecule is OCc1nnn(CC(O)CO)c1Cc1ccc(Cl)cc1. The molecule has 0 saturated carbocycles. The maximum Gasteiger partial charge on any atom is 0.112 e. The van der Waals surface area contributed by atoms with E-state index in [-0.39, 0.29) is 19.8 Å². The zero-order valence-electron chi connectivity index (χ0n) is 10.8. The lowest BCUT2D eigenvalue weighted by atomic mass is 10.1. The Bertz CT molecular complexity index is 556.